The molecule has 0 aliphatic carbocycles. The maximum Gasteiger partial charge on any atom is 4.00 e. The van der Waals surface area contributed by atoms with Crippen molar-refractivity contribution in [2.24, 2.45) is 0 Å². The van der Waals surface area contributed by atoms with E-state index in [1.54, 1.807) is 0 Å². The Bertz CT molecular complexity index is 651. The van der Waals surface area contributed by atoms with E-state index in [0.29, 0.717) is 0 Å². The largest absolute Gasteiger partial charge is 4.00 e. The van der Waals surface area contributed by atoms with Crippen LogP contribution < -0.4 is 9.41 Å². The summed E-state index contributed by atoms with van der Waals surface area (Å²) in [5, 5.41) is 5.32. The minimum absolute atomic E-state index is 0. The van der Waals surface area contributed by atoms with Gasteiger partial charge in [0.05, 0.1) is 0 Å². The van der Waals surface area contributed by atoms with Crippen LogP contribution >= 0.6 is 0 Å². The van der Waals surface area contributed by atoms with Gasteiger partial charge in [0.1, 0.15) is 0 Å². The molecule has 0 amide bonds. The van der Waals surface area contributed by atoms with Crippen molar-refractivity contribution in [1.29, 1.82) is 0 Å². The Hall–Kier alpha value is -1.38. The number of hydrogen-bond acceptors (Lipinski definition) is 0. The molecule has 0 aromatic heterocycles. The van der Waals surface area contributed by atoms with Crippen molar-refractivity contribution in [3.63, 3.8) is 0 Å². The summed E-state index contributed by atoms with van der Waals surface area (Å²) in [5.41, 5.74) is 0. The molecule has 2 radical (unpaired) electrons. The van der Waals surface area contributed by atoms with Gasteiger partial charge in [0.25, 0.3) is 0 Å². The molecule has 0 spiro atoms. The molecule has 0 heterocycles. The standard InChI is InChI=1S/2C9H7.C2H6Si.2FH.Zr/c2*1-2-5-9-7-3-6-8(9)4-1;1-3-2;;;/h2*1-7H;1-2H3;2*1H;/q2*-1;;;;+4/p-2. The van der Waals surface area contributed by atoms with Crippen LogP contribution in [0.4, 0.5) is 0 Å². The van der Waals surface area contributed by atoms with Gasteiger partial charge in [-0.1, -0.05) is 25.2 Å². The summed E-state index contributed by atoms with van der Waals surface area (Å²) in [7, 11) is 1.08. The number of rotatable bonds is 0. The molecule has 122 valence electrons. The predicted octanol–water partition coefficient (Wildman–Crippen LogP) is -0.0903. The van der Waals surface area contributed by atoms with E-state index in [2.05, 4.69) is 98.0 Å². The zero-order valence-electron chi connectivity index (χ0n) is 13.8. The quantitative estimate of drug-likeness (QED) is 0.277. The van der Waals surface area contributed by atoms with Crippen molar-refractivity contribution in [3.05, 3.63) is 84.9 Å². The number of fused-ring (bicyclic) bond motifs is 2. The average Bonchev–Trinajstić information content (AvgIpc) is 3.17. The maximum absolute atomic E-state index is 2.15. The zero-order chi connectivity index (χ0) is 14.9. The van der Waals surface area contributed by atoms with Crippen LogP contribution in [0.15, 0.2) is 84.9 Å². The summed E-state index contributed by atoms with van der Waals surface area (Å²) in [5.74, 6) is 0. The van der Waals surface area contributed by atoms with Crippen LogP contribution in [-0.2, 0) is 26.2 Å². The molecular weight excluding hydrogens is 398 g/mol. The first-order valence-electron chi connectivity index (χ1n) is 7.14. The molecule has 0 aliphatic heterocycles. The van der Waals surface area contributed by atoms with Crippen LogP contribution in [0.2, 0.25) is 13.1 Å². The van der Waals surface area contributed by atoms with E-state index in [-0.39, 0.29) is 35.6 Å². The van der Waals surface area contributed by atoms with Gasteiger partial charge < -0.3 is 9.41 Å². The third-order valence-electron chi connectivity index (χ3n) is 3.10. The van der Waals surface area contributed by atoms with E-state index in [1.165, 1.54) is 21.5 Å². The van der Waals surface area contributed by atoms with Gasteiger partial charge in [-0.2, -0.15) is 35.0 Å². The van der Waals surface area contributed by atoms with Gasteiger partial charge in [-0.05, 0) is 0 Å². The minimum atomic E-state index is 0. The molecule has 24 heavy (non-hydrogen) atoms. The minimum Gasteiger partial charge on any atom is -1.00 e. The number of benzene rings is 2. The van der Waals surface area contributed by atoms with Crippen LogP contribution in [0, 0.1) is 0 Å². The topological polar surface area (TPSA) is 0 Å². The fraction of sp³-hybridized carbons (Fsp3) is 0.100. The molecule has 4 heteroatoms. The van der Waals surface area contributed by atoms with E-state index in [9.17, 15) is 0 Å². The van der Waals surface area contributed by atoms with Crippen molar-refractivity contribution in [2.75, 3.05) is 0 Å². The third-order valence-corrected chi connectivity index (χ3v) is 3.10. The molecule has 0 saturated heterocycles. The first-order chi connectivity index (χ1) is 10.3. The molecule has 0 unspecified atom stereocenters. The first-order valence-corrected chi connectivity index (χ1v) is 9.14. The zero-order valence-corrected chi connectivity index (χ0v) is 17.3. The Morgan fingerprint density at radius 3 is 1.29 bits per heavy atom. The van der Waals surface area contributed by atoms with Crippen LogP contribution in [0.1, 0.15) is 0 Å². The molecule has 0 atom stereocenters. The molecule has 0 aliphatic rings. The van der Waals surface area contributed by atoms with Gasteiger partial charge >= 0.3 is 26.2 Å². The monoisotopic (exact) mass is 416 g/mol. The van der Waals surface area contributed by atoms with E-state index < -0.39 is 0 Å². The molecule has 0 saturated carbocycles. The Morgan fingerprint density at radius 1 is 0.625 bits per heavy atom. The molecule has 4 rings (SSSR count). The molecule has 0 N–H and O–H groups in total. The van der Waals surface area contributed by atoms with Crippen LogP contribution in [0.5, 0.6) is 0 Å². The fourth-order valence-corrected chi connectivity index (χ4v) is 2.14. The summed E-state index contributed by atoms with van der Waals surface area (Å²) in [4.78, 5) is 0. The van der Waals surface area contributed by atoms with E-state index >= 15 is 0 Å². The molecule has 0 bridgehead atoms. The van der Waals surface area contributed by atoms with Gasteiger partial charge in [-0.15, -0.1) is 59.3 Å². The maximum atomic E-state index is 2.15. The van der Waals surface area contributed by atoms with E-state index in [4.69, 9.17) is 0 Å². The van der Waals surface area contributed by atoms with Gasteiger partial charge in [0, 0.05) is 9.52 Å². The molecular formula is C20H20F2SiZr. The van der Waals surface area contributed by atoms with Crippen molar-refractivity contribution in [1.82, 2.24) is 0 Å². The van der Waals surface area contributed by atoms with Crippen molar-refractivity contribution in [2.45, 2.75) is 13.1 Å². The second-order valence-corrected chi connectivity index (χ2v) is 5.81. The van der Waals surface area contributed by atoms with Crippen molar-refractivity contribution in [3.8, 4) is 0 Å². The van der Waals surface area contributed by atoms with Crippen LogP contribution in [0.25, 0.3) is 21.5 Å². The van der Waals surface area contributed by atoms with Gasteiger partial charge in [0.2, 0.25) is 0 Å². The SMILES string of the molecule is C[Si]C.[F-].[F-].[Zr+4].c1ccc2[cH-]ccc2c1.c1ccc2[cH-]ccc2c1. The second kappa shape index (κ2) is 14.0. The van der Waals surface area contributed by atoms with Gasteiger partial charge in [-0.3, -0.25) is 0 Å². The molecule has 4 aromatic rings. The summed E-state index contributed by atoms with van der Waals surface area (Å²) >= 11 is 0. The average molecular weight is 418 g/mol. The van der Waals surface area contributed by atoms with Gasteiger partial charge in [0.15, 0.2) is 0 Å². The summed E-state index contributed by atoms with van der Waals surface area (Å²) in [6.45, 7) is 4.31. The van der Waals surface area contributed by atoms with E-state index in [1.807, 2.05) is 0 Å². The molecule has 0 fully saturated rings. The first kappa shape index (κ1) is 24.9. The van der Waals surface area contributed by atoms with Crippen LogP contribution in [-0.4, -0.2) is 9.52 Å². The second-order valence-electron chi connectivity index (χ2n) is 4.81. The fourth-order valence-electron chi connectivity index (χ4n) is 2.14. The normalized spacial score (nSPS) is 8.42. The third kappa shape index (κ3) is 7.46. The summed E-state index contributed by atoms with van der Waals surface area (Å²) < 4.78 is 0. The Balaban J connectivity index is 0. The van der Waals surface area contributed by atoms with E-state index in [0.717, 1.165) is 9.52 Å². The summed E-state index contributed by atoms with van der Waals surface area (Å²) in [6.07, 6.45) is 0. The van der Waals surface area contributed by atoms with Crippen molar-refractivity contribution < 1.29 is 35.6 Å². The molecule has 4 aromatic carbocycles. The van der Waals surface area contributed by atoms with Crippen molar-refractivity contribution >= 4 is 31.1 Å². The predicted molar refractivity (Wildman–Crippen MR) is 96.6 cm³/mol. The summed E-state index contributed by atoms with van der Waals surface area (Å²) in [6, 6.07) is 29.3. The van der Waals surface area contributed by atoms with Crippen LogP contribution in [0.3, 0.4) is 0 Å². The smallest absolute Gasteiger partial charge is 1.00 e. The van der Waals surface area contributed by atoms with Gasteiger partial charge in [-0.25, -0.2) is 0 Å². The Kier molecular flexibility index (Phi) is 14.5. The Morgan fingerprint density at radius 2 is 0.958 bits per heavy atom. The number of hydrogen-bond donors (Lipinski definition) is 0. The Labute approximate surface area is 164 Å². The number of halogens is 2. The molecule has 0 nitrogen and oxygen atoms in total.